The molecule has 0 aliphatic heterocycles. The number of ether oxygens (including phenoxy) is 1. The second kappa shape index (κ2) is 7.27. The van der Waals surface area contributed by atoms with Gasteiger partial charge in [-0.05, 0) is 48.6 Å². The van der Waals surface area contributed by atoms with Crippen LogP contribution in [0.15, 0.2) is 48.5 Å². The molecule has 3 nitrogen and oxygen atoms in total. The van der Waals surface area contributed by atoms with Crippen molar-refractivity contribution in [1.29, 1.82) is 0 Å². The van der Waals surface area contributed by atoms with Crippen LogP contribution in [-0.2, 0) is 11.3 Å². The van der Waals surface area contributed by atoms with E-state index in [-0.39, 0.29) is 17.7 Å². The van der Waals surface area contributed by atoms with Gasteiger partial charge in [-0.25, -0.2) is 0 Å². The molecule has 1 fully saturated rings. The van der Waals surface area contributed by atoms with Crippen LogP contribution in [0, 0.1) is 5.92 Å². The number of rotatable bonds is 6. The molecule has 0 spiro atoms. The smallest absolute Gasteiger partial charge is 0.226 e. The van der Waals surface area contributed by atoms with Gasteiger partial charge in [0.15, 0.2) is 0 Å². The molecule has 0 N–H and O–H groups in total. The maximum absolute atomic E-state index is 12.6. The molecule has 2 aromatic rings. The summed E-state index contributed by atoms with van der Waals surface area (Å²) in [5.41, 5.74) is 2.19. The van der Waals surface area contributed by atoms with Gasteiger partial charge in [0.2, 0.25) is 5.91 Å². The van der Waals surface area contributed by atoms with Gasteiger partial charge in [-0.15, -0.1) is 0 Å². The molecule has 2 aromatic carbocycles. The number of hydrogen-bond donors (Lipinski definition) is 0. The van der Waals surface area contributed by atoms with Crippen LogP contribution in [0.5, 0.6) is 5.75 Å². The number of amides is 1. The Morgan fingerprint density at radius 1 is 1.21 bits per heavy atom. The van der Waals surface area contributed by atoms with E-state index in [1.807, 2.05) is 62.5 Å². The molecule has 24 heavy (non-hydrogen) atoms. The first-order valence-electron chi connectivity index (χ1n) is 8.31. The third kappa shape index (κ3) is 3.73. The molecular weight excluding hydrogens is 322 g/mol. The van der Waals surface area contributed by atoms with E-state index in [9.17, 15) is 4.79 Å². The summed E-state index contributed by atoms with van der Waals surface area (Å²) in [6.07, 6.45) is 0.885. The van der Waals surface area contributed by atoms with Gasteiger partial charge in [0, 0.05) is 24.5 Å². The summed E-state index contributed by atoms with van der Waals surface area (Å²) in [5, 5.41) is 0.756. The fraction of sp³-hybridized carbons (Fsp3) is 0.350. The van der Waals surface area contributed by atoms with Crippen molar-refractivity contribution in [1.82, 2.24) is 4.90 Å². The molecule has 1 saturated carbocycles. The zero-order valence-electron chi connectivity index (χ0n) is 14.0. The predicted molar refractivity (Wildman–Crippen MR) is 96.4 cm³/mol. The number of carbonyl (C=O) groups is 1. The van der Waals surface area contributed by atoms with Crippen molar-refractivity contribution in [2.45, 2.75) is 25.8 Å². The monoisotopic (exact) mass is 343 g/mol. The van der Waals surface area contributed by atoms with Crippen molar-refractivity contribution in [3.05, 3.63) is 64.7 Å². The number of halogens is 1. The van der Waals surface area contributed by atoms with E-state index in [1.54, 1.807) is 4.90 Å². The zero-order chi connectivity index (χ0) is 17.1. The summed E-state index contributed by atoms with van der Waals surface area (Å²) >= 11 is 6.24. The van der Waals surface area contributed by atoms with Crippen LogP contribution >= 0.6 is 11.6 Å². The highest BCUT2D eigenvalue weighted by atomic mass is 35.5. The highest BCUT2D eigenvalue weighted by molar-refractivity contribution is 6.31. The van der Waals surface area contributed by atoms with E-state index in [4.69, 9.17) is 16.3 Å². The van der Waals surface area contributed by atoms with Crippen molar-refractivity contribution in [2.75, 3.05) is 13.7 Å². The molecule has 4 heteroatoms. The second-order valence-corrected chi connectivity index (χ2v) is 6.65. The lowest BCUT2D eigenvalue weighted by atomic mass is 10.1. The number of hydrogen-bond acceptors (Lipinski definition) is 2. The molecule has 2 unspecified atom stereocenters. The Kier molecular flexibility index (Phi) is 5.10. The Labute approximate surface area is 148 Å². The number of carbonyl (C=O) groups excluding carboxylic acids is 1. The van der Waals surface area contributed by atoms with Gasteiger partial charge in [-0.1, -0.05) is 41.9 Å². The Hall–Kier alpha value is -2.00. The summed E-state index contributed by atoms with van der Waals surface area (Å²) in [6.45, 7) is 3.23. The van der Waals surface area contributed by atoms with Crippen molar-refractivity contribution >= 4 is 17.5 Å². The number of nitrogens with zero attached hydrogens (tertiary/aromatic N) is 1. The summed E-state index contributed by atoms with van der Waals surface area (Å²) in [6, 6.07) is 15.7. The highest BCUT2D eigenvalue weighted by Crippen LogP contribution is 2.50. The Morgan fingerprint density at radius 2 is 1.92 bits per heavy atom. The minimum absolute atomic E-state index is 0.0533. The minimum atomic E-state index is 0.0533. The van der Waals surface area contributed by atoms with Crippen molar-refractivity contribution in [3.63, 3.8) is 0 Å². The lowest BCUT2D eigenvalue weighted by Crippen LogP contribution is -2.28. The molecule has 3 rings (SSSR count). The Morgan fingerprint density at radius 3 is 2.58 bits per heavy atom. The van der Waals surface area contributed by atoms with E-state index in [1.165, 1.54) is 0 Å². The first-order chi connectivity index (χ1) is 11.6. The van der Waals surface area contributed by atoms with E-state index >= 15 is 0 Å². The van der Waals surface area contributed by atoms with Crippen LogP contribution in [0.2, 0.25) is 5.02 Å². The summed E-state index contributed by atoms with van der Waals surface area (Å²) in [5.74, 6) is 1.36. The molecule has 0 saturated heterocycles. The molecule has 0 aromatic heterocycles. The third-order valence-corrected chi connectivity index (χ3v) is 4.79. The van der Waals surface area contributed by atoms with Gasteiger partial charge in [0.25, 0.3) is 0 Å². The van der Waals surface area contributed by atoms with Gasteiger partial charge in [0.1, 0.15) is 5.75 Å². The van der Waals surface area contributed by atoms with Gasteiger partial charge in [-0.3, -0.25) is 4.79 Å². The molecule has 2 atom stereocenters. The third-order valence-electron chi connectivity index (χ3n) is 4.44. The van der Waals surface area contributed by atoms with Gasteiger partial charge in [-0.2, -0.15) is 0 Å². The topological polar surface area (TPSA) is 29.5 Å². The first kappa shape index (κ1) is 16.8. The first-order valence-corrected chi connectivity index (χ1v) is 8.69. The summed E-state index contributed by atoms with van der Waals surface area (Å²) in [4.78, 5) is 14.4. The maximum Gasteiger partial charge on any atom is 0.226 e. The minimum Gasteiger partial charge on any atom is -0.494 e. The van der Waals surface area contributed by atoms with E-state index in [0.29, 0.717) is 13.2 Å². The van der Waals surface area contributed by atoms with Crippen LogP contribution in [0.1, 0.15) is 30.4 Å². The van der Waals surface area contributed by atoms with E-state index in [2.05, 4.69) is 0 Å². The zero-order valence-corrected chi connectivity index (χ0v) is 14.8. The Balaban J connectivity index is 1.59. The van der Waals surface area contributed by atoms with Crippen LogP contribution in [-0.4, -0.2) is 24.5 Å². The van der Waals surface area contributed by atoms with Gasteiger partial charge in [0.05, 0.1) is 6.61 Å². The van der Waals surface area contributed by atoms with E-state index < -0.39 is 0 Å². The molecule has 1 aliphatic carbocycles. The van der Waals surface area contributed by atoms with Crippen molar-refractivity contribution in [3.8, 4) is 5.75 Å². The normalized spacial score (nSPS) is 19.0. The lowest BCUT2D eigenvalue weighted by Gasteiger charge is -2.18. The van der Waals surface area contributed by atoms with Gasteiger partial charge >= 0.3 is 0 Å². The fourth-order valence-corrected chi connectivity index (χ4v) is 3.36. The van der Waals surface area contributed by atoms with Crippen LogP contribution in [0.3, 0.4) is 0 Å². The average Bonchev–Trinajstić information content (AvgIpc) is 3.37. The lowest BCUT2D eigenvalue weighted by molar-refractivity contribution is -0.131. The molecular formula is C20H22ClNO2. The van der Waals surface area contributed by atoms with Gasteiger partial charge < -0.3 is 9.64 Å². The van der Waals surface area contributed by atoms with Crippen LogP contribution < -0.4 is 4.74 Å². The molecule has 126 valence electrons. The quantitative estimate of drug-likeness (QED) is 0.772. The molecule has 0 bridgehead atoms. The molecule has 1 amide bonds. The van der Waals surface area contributed by atoms with Crippen molar-refractivity contribution in [2.24, 2.45) is 5.92 Å². The SMILES string of the molecule is CCOc1ccc(CN(C)C(=O)C2CC2c2ccccc2Cl)cc1. The maximum atomic E-state index is 12.6. The van der Waals surface area contributed by atoms with Crippen molar-refractivity contribution < 1.29 is 9.53 Å². The standard InChI is InChI=1S/C20H22ClNO2/c1-3-24-15-10-8-14(9-11-15)13-22(2)20(23)18-12-17(18)16-6-4-5-7-19(16)21/h4-11,17-18H,3,12-13H2,1-2H3. The predicted octanol–water partition coefficient (Wildman–Crippen LogP) is 4.50. The van der Waals surface area contributed by atoms with Crippen LogP contribution in [0.25, 0.3) is 0 Å². The highest BCUT2D eigenvalue weighted by Gasteiger charge is 2.45. The Bertz CT molecular complexity index is 714. The average molecular weight is 344 g/mol. The van der Waals surface area contributed by atoms with E-state index in [0.717, 1.165) is 28.3 Å². The fourth-order valence-electron chi connectivity index (χ4n) is 3.08. The molecule has 0 heterocycles. The molecule has 0 radical (unpaired) electrons. The number of benzene rings is 2. The summed E-state index contributed by atoms with van der Waals surface area (Å²) < 4.78 is 5.44. The summed E-state index contributed by atoms with van der Waals surface area (Å²) in [7, 11) is 1.86. The largest absolute Gasteiger partial charge is 0.494 e. The van der Waals surface area contributed by atoms with Crippen LogP contribution in [0.4, 0.5) is 0 Å². The second-order valence-electron chi connectivity index (χ2n) is 6.24. The molecule has 1 aliphatic rings.